The number of urea groups is 1. The number of aliphatic hydroxyl groups is 1. The number of likely N-dealkylation sites (N-methyl/N-ethyl adjacent to an activating group) is 1. The lowest BCUT2D eigenvalue weighted by Gasteiger charge is -2.34. The van der Waals surface area contributed by atoms with Gasteiger partial charge in [-0.25, -0.2) is 13.2 Å². The van der Waals surface area contributed by atoms with E-state index >= 15 is 0 Å². The van der Waals surface area contributed by atoms with Crippen LogP contribution in [0.5, 0.6) is 11.5 Å². The number of nitrogens with one attached hydrogen (secondary N) is 2. The number of carbonyl (C=O) groups is 2. The van der Waals surface area contributed by atoms with E-state index in [2.05, 4.69) is 10.0 Å². The summed E-state index contributed by atoms with van der Waals surface area (Å²) in [6.45, 7) is 5.83. The molecule has 11 nitrogen and oxygen atoms in total. The van der Waals surface area contributed by atoms with Crippen LogP contribution in [0.4, 0.5) is 16.2 Å². The molecule has 0 aromatic heterocycles. The summed E-state index contributed by atoms with van der Waals surface area (Å²) in [5, 5.41) is 12.8. The van der Waals surface area contributed by atoms with Crippen LogP contribution in [0.3, 0.4) is 0 Å². The molecular formula is C32H40N4O7S. The van der Waals surface area contributed by atoms with Crippen LogP contribution in [-0.4, -0.2) is 81.3 Å². The Kier molecular flexibility index (Phi) is 10.4. The molecule has 3 amide bonds. The van der Waals surface area contributed by atoms with Crippen LogP contribution in [0.1, 0.15) is 25.0 Å². The Bertz CT molecular complexity index is 1560. The molecule has 0 saturated heterocycles. The van der Waals surface area contributed by atoms with Crippen LogP contribution in [0.15, 0.2) is 71.6 Å². The Morgan fingerprint density at radius 1 is 1.11 bits per heavy atom. The van der Waals surface area contributed by atoms with Gasteiger partial charge in [0.05, 0.1) is 37.6 Å². The number of fused-ring (bicyclic) bond motifs is 1. The van der Waals surface area contributed by atoms with Crippen molar-refractivity contribution in [3.8, 4) is 11.5 Å². The molecule has 12 heteroatoms. The minimum Gasteiger partial charge on any atom is -0.497 e. The third-order valence-electron chi connectivity index (χ3n) is 7.64. The molecule has 44 heavy (non-hydrogen) atoms. The van der Waals surface area contributed by atoms with Crippen molar-refractivity contribution in [3.05, 3.63) is 77.9 Å². The fourth-order valence-electron chi connectivity index (χ4n) is 4.89. The van der Waals surface area contributed by atoms with Crippen LogP contribution in [-0.2, 0) is 21.2 Å². The second-order valence-electron chi connectivity index (χ2n) is 11.2. The van der Waals surface area contributed by atoms with Gasteiger partial charge in [-0.1, -0.05) is 24.6 Å². The normalized spacial score (nSPS) is 17.7. The van der Waals surface area contributed by atoms with Crippen LogP contribution in [0.25, 0.3) is 0 Å². The average Bonchev–Trinajstić information content (AvgIpc) is 3.04. The van der Waals surface area contributed by atoms with E-state index < -0.39 is 22.2 Å². The summed E-state index contributed by atoms with van der Waals surface area (Å²) in [6.07, 6.45) is -0.595. The number of benzene rings is 3. The maximum Gasteiger partial charge on any atom is 0.321 e. The lowest BCUT2D eigenvalue weighted by molar-refractivity contribution is -0.134. The maximum atomic E-state index is 13.5. The van der Waals surface area contributed by atoms with Gasteiger partial charge in [-0.15, -0.1) is 0 Å². The molecule has 0 spiro atoms. The first-order chi connectivity index (χ1) is 20.9. The number of carbonyl (C=O) groups excluding carboxylic acids is 2. The second kappa shape index (κ2) is 14.0. The Morgan fingerprint density at radius 2 is 1.77 bits per heavy atom. The Labute approximate surface area is 258 Å². The molecule has 1 aliphatic heterocycles. The third kappa shape index (κ3) is 8.00. The van der Waals surface area contributed by atoms with Gasteiger partial charge >= 0.3 is 6.03 Å². The van der Waals surface area contributed by atoms with Gasteiger partial charge in [0.15, 0.2) is 0 Å². The maximum absolute atomic E-state index is 13.5. The number of ether oxygens (including phenoxy) is 2. The Balaban J connectivity index is 1.60. The largest absolute Gasteiger partial charge is 0.497 e. The van der Waals surface area contributed by atoms with Crippen molar-refractivity contribution in [3.63, 3.8) is 0 Å². The van der Waals surface area contributed by atoms with Crippen molar-refractivity contribution >= 4 is 33.3 Å². The first-order valence-electron chi connectivity index (χ1n) is 14.4. The van der Waals surface area contributed by atoms with E-state index in [4.69, 9.17) is 9.47 Å². The van der Waals surface area contributed by atoms with Crippen LogP contribution in [0, 0.1) is 12.8 Å². The number of rotatable bonds is 9. The molecule has 236 valence electrons. The molecular weight excluding hydrogens is 584 g/mol. The van der Waals surface area contributed by atoms with E-state index in [1.807, 2.05) is 13.8 Å². The minimum atomic E-state index is -3.87. The summed E-state index contributed by atoms with van der Waals surface area (Å²) < 4.78 is 40.3. The molecule has 3 atom stereocenters. The molecule has 1 heterocycles. The highest BCUT2D eigenvalue weighted by atomic mass is 32.2. The molecule has 0 fully saturated rings. The lowest BCUT2D eigenvalue weighted by Crippen LogP contribution is -2.48. The lowest BCUT2D eigenvalue weighted by atomic mass is 10.0. The van der Waals surface area contributed by atoms with Crippen molar-refractivity contribution < 1.29 is 32.6 Å². The number of sulfonamides is 1. The number of aliphatic hydroxyl groups excluding tert-OH is 1. The zero-order chi connectivity index (χ0) is 32.0. The molecule has 1 aliphatic rings. The van der Waals surface area contributed by atoms with Gasteiger partial charge in [-0.05, 0) is 68.4 Å². The fourth-order valence-corrected chi connectivity index (χ4v) is 5.94. The highest BCUT2D eigenvalue weighted by Crippen LogP contribution is 2.30. The van der Waals surface area contributed by atoms with E-state index in [1.165, 1.54) is 17.0 Å². The molecule has 0 saturated carbocycles. The monoisotopic (exact) mass is 624 g/mol. The quantitative estimate of drug-likeness (QED) is 0.326. The molecule has 4 rings (SSSR count). The first-order valence-corrected chi connectivity index (χ1v) is 15.8. The third-order valence-corrected chi connectivity index (χ3v) is 9.04. The molecule has 3 aromatic rings. The number of aryl methyl sites for hydroxylation is 1. The van der Waals surface area contributed by atoms with Crippen LogP contribution >= 0.6 is 0 Å². The summed E-state index contributed by atoms with van der Waals surface area (Å²) in [5.41, 5.74) is 2.30. The number of nitrogens with zero attached hydrogens (tertiary/aromatic N) is 2. The van der Waals surface area contributed by atoms with Gasteiger partial charge in [-0.3, -0.25) is 9.52 Å². The van der Waals surface area contributed by atoms with E-state index in [9.17, 15) is 23.1 Å². The van der Waals surface area contributed by atoms with Crippen molar-refractivity contribution in [2.75, 3.05) is 43.9 Å². The van der Waals surface area contributed by atoms with Crippen molar-refractivity contribution in [1.82, 2.24) is 9.80 Å². The number of methoxy groups -OCH3 is 1. The highest BCUT2D eigenvalue weighted by molar-refractivity contribution is 7.92. The van der Waals surface area contributed by atoms with Crippen molar-refractivity contribution in [1.29, 1.82) is 0 Å². The summed E-state index contributed by atoms with van der Waals surface area (Å²) in [5.74, 6) is 0.629. The summed E-state index contributed by atoms with van der Waals surface area (Å²) >= 11 is 0. The van der Waals surface area contributed by atoms with Gasteiger partial charge in [0.2, 0.25) is 5.91 Å². The summed E-state index contributed by atoms with van der Waals surface area (Å²) in [4.78, 5) is 29.8. The summed E-state index contributed by atoms with van der Waals surface area (Å²) in [6, 6.07) is 17.5. The van der Waals surface area contributed by atoms with Gasteiger partial charge in [0.25, 0.3) is 10.0 Å². The predicted octanol–water partition coefficient (Wildman–Crippen LogP) is 4.12. The standard InChI is InChI=1S/C32H40N4O7S/c1-21-6-13-28(14-7-21)44(40,41)34-26-10-15-29-24(16-26)17-31(38)36(23(3)20-37)18-22(2)30(43-29)19-35(4)32(39)33-25-8-11-27(42-5)12-9-25/h6-16,22-23,30,34,37H,17-20H2,1-5H3,(H,33,39)/t22-,23+,30-/m1/s1. The molecule has 3 aromatic carbocycles. The van der Waals surface area contributed by atoms with E-state index in [0.29, 0.717) is 29.3 Å². The topological polar surface area (TPSA) is 138 Å². The molecule has 0 bridgehead atoms. The smallest absolute Gasteiger partial charge is 0.321 e. The molecule has 3 N–H and O–H groups in total. The number of amides is 3. The van der Waals surface area contributed by atoms with E-state index in [0.717, 1.165) is 5.56 Å². The van der Waals surface area contributed by atoms with E-state index in [-0.39, 0.29) is 48.0 Å². The first kappa shape index (κ1) is 32.6. The van der Waals surface area contributed by atoms with Gasteiger partial charge in [0.1, 0.15) is 17.6 Å². The van der Waals surface area contributed by atoms with E-state index in [1.54, 1.807) is 80.6 Å². The Hall–Kier alpha value is -4.29. The van der Waals surface area contributed by atoms with Crippen molar-refractivity contribution in [2.45, 2.75) is 44.2 Å². The highest BCUT2D eigenvalue weighted by Gasteiger charge is 2.32. The number of hydrogen-bond acceptors (Lipinski definition) is 7. The molecule has 0 aliphatic carbocycles. The zero-order valence-electron chi connectivity index (χ0n) is 25.6. The van der Waals surface area contributed by atoms with Gasteiger partial charge < -0.3 is 29.7 Å². The van der Waals surface area contributed by atoms with Crippen molar-refractivity contribution in [2.24, 2.45) is 5.92 Å². The fraction of sp³-hybridized carbons (Fsp3) is 0.375. The molecule has 0 unspecified atom stereocenters. The van der Waals surface area contributed by atoms with Crippen LogP contribution in [0.2, 0.25) is 0 Å². The summed E-state index contributed by atoms with van der Waals surface area (Å²) in [7, 11) is -0.649. The number of anilines is 2. The minimum absolute atomic E-state index is 0.0625. The predicted molar refractivity (Wildman–Crippen MR) is 169 cm³/mol. The Morgan fingerprint density at radius 3 is 2.41 bits per heavy atom. The SMILES string of the molecule is COc1ccc(NC(=O)N(C)C[C@H]2Oc3ccc(NS(=O)(=O)c4ccc(C)cc4)cc3CC(=O)N([C@@H](C)CO)C[C@H]2C)cc1. The molecule has 0 radical (unpaired) electrons. The zero-order valence-corrected chi connectivity index (χ0v) is 26.4. The van der Waals surface area contributed by atoms with Gasteiger partial charge in [-0.2, -0.15) is 0 Å². The van der Waals surface area contributed by atoms with Gasteiger partial charge in [0, 0.05) is 36.4 Å². The second-order valence-corrected chi connectivity index (χ2v) is 12.9. The number of hydrogen-bond donors (Lipinski definition) is 3. The van der Waals surface area contributed by atoms with Crippen LogP contribution < -0.4 is 19.5 Å². The average molecular weight is 625 g/mol.